The van der Waals surface area contributed by atoms with Gasteiger partial charge in [-0.15, -0.1) is 0 Å². The molecule has 0 fully saturated rings. The molecular weight excluding hydrogens is 278 g/mol. The van der Waals surface area contributed by atoms with Crippen LogP contribution in [0.2, 0.25) is 0 Å². The van der Waals surface area contributed by atoms with Crippen molar-refractivity contribution in [2.45, 2.75) is 26.3 Å². The number of hydrogen-bond donors (Lipinski definition) is 1. The van der Waals surface area contributed by atoms with E-state index >= 15 is 0 Å². The zero-order valence-electron chi connectivity index (χ0n) is 12.0. The van der Waals surface area contributed by atoms with Crippen molar-refractivity contribution < 1.29 is 17.9 Å². The minimum Gasteiger partial charge on any atom is -0.494 e. The zero-order valence-corrected chi connectivity index (χ0v) is 12.9. The molecule has 1 aromatic rings. The van der Waals surface area contributed by atoms with Crippen molar-refractivity contribution in [1.29, 1.82) is 0 Å². The SMILES string of the molecule is CCOc1ccc(C(C)NC(=O)CCS(C)(=O)=O)cc1. The Kier molecular flexibility index (Phi) is 6.01. The molecule has 0 radical (unpaired) electrons. The van der Waals surface area contributed by atoms with E-state index in [-0.39, 0.29) is 24.1 Å². The number of amides is 1. The molecule has 5 nitrogen and oxygen atoms in total. The Bertz CT molecular complexity index is 537. The van der Waals surface area contributed by atoms with Crippen molar-refractivity contribution in [2.75, 3.05) is 18.6 Å². The second kappa shape index (κ2) is 7.28. The summed E-state index contributed by atoms with van der Waals surface area (Å²) < 4.78 is 27.3. The molecule has 0 bridgehead atoms. The summed E-state index contributed by atoms with van der Waals surface area (Å²) in [4.78, 5) is 11.6. The van der Waals surface area contributed by atoms with E-state index in [9.17, 15) is 13.2 Å². The van der Waals surface area contributed by atoms with Gasteiger partial charge >= 0.3 is 0 Å². The number of hydrogen-bond acceptors (Lipinski definition) is 4. The Morgan fingerprint density at radius 1 is 1.30 bits per heavy atom. The van der Waals surface area contributed by atoms with Gasteiger partial charge in [-0.05, 0) is 31.5 Å². The highest BCUT2D eigenvalue weighted by molar-refractivity contribution is 7.90. The number of carbonyl (C=O) groups excluding carboxylic acids is 1. The number of benzene rings is 1. The Hall–Kier alpha value is -1.56. The molecular formula is C14H21NO4S. The molecule has 0 heterocycles. The number of nitrogens with one attached hydrogen (secondary N) is 1. The van der Waals surface area contributed by atoms with Gasteiger partial charge in [0, 0.05) is 12.7 Å². The molecule has 1 atom stereocenters. The lowest BCUT2D eigenvalue weighted by atomic mass is 10.1. The summed E-state index contributed by atoms with van der Waals surface area (Å²) in [6.07, 6.45) is 1.11. The molecule has 0 spiro atoms. The Balaban J connectivity index is 2.53. The molecule has 0 saturated heterocycles. The van der Waals surface area contributed by atoms with Crippen LogP contribution in [0, 0.1) is 0 Å². The van der Waals surface area contributed by atoms with Crippen LogP contribution in [0.25, 0.3) is 0 Å². The van der Waals surface area contributed by atoms with Crippen LogP contribution >= 0.6 is 0 Å². The first-order valence-corrected chi connectivity index (χ1v) is 8.57. The third kappa shape index (κ3) is 6.06. The quantitative estimate of drug-likeness (QED) is 0.831. The van der Waals surface area contributed by atoms with Crippen molar-refractivity contribution in [3.8, 4) is 5.75 Å². The van der Waals surface area contributed by atoms with Gasteiger partial charge in [0.05, 0.1) is 18.4 Å². The number of rotatable bonds is 7. The third-order valence-electron chi connectivity index (χ3n) is 2.77. The molecule has 112 valence electrons. The second-order valence-corrected chi connectivity index (χ2v) is 6.93. The summed E-state index contributed by atoms with van der Waals surface area (Å²) in [5.41, 5.74) is 0.946. The third-order valence-corrected chi connectivity index (χ3v) is 3.71. The monoisotopic (exact) mass is 299 g/mol. The first-order chi connectivity index (χ1) is 9.31. The van der Waals surface area contributed by atoms with Gasteiger partial charge in [0.25, 0.3) is 0 Å². The van der Waals surface area contributed by atoms with Gasteiger partial charge in [0.1, 0.15) is 15.6 Å². The number of sulfone groups is 1. The van der Waals surface area contributed by atoms with E-state index in [4.69, 9.17) is 4.74 Å². The first-order valence-electron chi connectivity index (χ1n) is 6.51. The highest BCUT2D eigenvalue weighted by atomic mass is 32.2. The minimum absolute atomic E-state index is 0.0137. The smallest absolute Gasteiger partial charge is 0.221 e. The van der Waals surface area contributed by atoms with Gasteiger partial charge in [0.2, 0.25) is 5.91 Å². The van der Waals surface area contributed by atoms with Crippen molar-refractivity contribution in [3.05, 3.63) is 29.8 Å². The van der Waals surface area contributed by atoms with Crippen LogP contribution in [0.15, 0.2) is 24.3 Å². The van der Waals surface area contributed by atoms with Crippen LogP contribution in [0.1, 0.15) is 31.9 Å². The first kappa shape index (κ1) is 16.5. The Labute approximate surface area is 120 Å². The molecule has 1 unspecified atom stereocenters. The molecule has 6 heteroatoms. The lowest BCUT2D eigenvalue weighted by Crippen LogP contribution is -2.28. The van der Waals surface area contributed by atoms with E-state index in [2.05, 4.69) is 5.32 Å². The molecule has 0 saturated carbocycles. The average molecular weight is 299 g/mol. The van der Waals surface area contributed by atoms with Crippen molar-refractivity contribution in [1.82, 2.24) is 5.32 Å². The molecule has 1 N–H and O–H groups in total. The molecule has 20 heavy (non-hydrogen) atoms. The maximum atomic E-state index is 11.6. The van der Waals surface area contributed by atoms with Crippen LogP contribution < -0.4 is 10.1 Å². The predicted molar refractivity (Wildman–Crippen MR) is 78.5 cm³/mol. The van der Waals surface area contributed by atoms with Crippen LogP contribution in [0.5, 0.6) is 5.75 Å². The van der Waals surface area contributed by atoms with E-state index in [1.807, 2.05) is 38.1 Å². The Morgan fingerprint density at radius 2 is 1.90 bits per heavy atom. The fourth-order valence-corrected chi connectivity index (χ4v) is 2.25. The van der Waals surface area contributed by atoms with E-state index < -0.39 is 9.84 Å². The summed E-state index contributed by atoms with van der Waals surface area (Å²) in [6.45, 7) is 4.38. The fourth-order valence-electron chi connectivity index (χ4n) is 1.69. The number of carbonyl (C=O) groups is 1. The van der Waals surface area contributed by atoms with Gasteiger partial charge in [0.15, 0.2) is 0 Å². The average Bonchev–Trinajstić information content (AvgIpc) is 2.37. The summed E-state index contributed by atoms with van der Waals surface area (Å²) >= 11 is 0. The van der Waals surface area contributed by atoms with E-state index in [0.29, 0.717) is 6.61 Å². The van der Waals surface area contributed by atoms with Crippen molar-refractivity contribution >= 4 is 15.7 Å². The van der Waals surface area contributed by atoms with Crippen LogP contribution in [0.4, 0.5) is 0 Å². The van der Waals surface area contributed by atoms with Crippen molar-refractivity contribution in [2.24, 2.45) is 0 Å². The second-order valence-electron chi connectivity index (χ2n) is 4.67. The summed E-state index contributed by atoms with van der Waals surface area (Å²) in [6, 6.07) is 7.28. The summed E-state index contributed by atoms with van der Waals surface area (Å²) in [5.74, 6) is 0.387. The molecule has 1 aromatic carbocycles. The summed E-state index contributed by atoms with van der Waals surface area (Å²) in [5, 5.41) is 2.78. The fraction of sp³-hybridized carbons (Fsp3) is 0.500. The van der Waals surface area contributed by atoms with Crippen molar-refractivity contribution in [3.63, 3.8) is 0 Å². The predicted octanol–water partition coefficient (Wildman–Crippen LogP) is 1.70. The molecule has 0 aliphatic carbocycles. The largest absolute Gasteiger partial charge is 0.494 e. The van der Waals surface area contributed by atoms with Gasteiger partial charge in [-0.2, -0.15) is 0 Å². The molecule has 0 aliphatic heterocycles. The number of ether oxygens (including phenoxy) is 1. The standard InChI is InChI=1S/C14H21NO4S/c1-4-19-13-7-5-12(6-8-13)11(2)15-14(16)9-10-20(3,17)18/h5-8,11H,4,9-10H2,1-3H3,(H,15,16). The van der Waals surface area contributed by atoms with Gasteiger partial charge in [-0.1, -0.05) is 12.1 Å². The molecule has 0 aliphatic rings. The topological polar surface area (TPSA) is 72.5 Å². The van der Waals surface area contributed by atoms with E-state index in [1.54, 1.807) is 0 Å². The van der Waals surface area contributed by atoms with E-state index in [0.717, 1.165) is 17.6 Å². The minimum atomic E-state index is -3.11. The normalized spacial score (nSPS) is 12.8. The van der Waals surface area contributed by atoms with Gasteiger partial charge in [-0.3, -0.25) is 4.79 Å². The molecule has 0 aromatic heterocycles. The van der Waals surface area contributed by atoms with Crippen LogP contribution in [0.3, 0.4) is 0 Å². The highest BCUT2D eigenvalue weighted by Gasteiger charge is 2.12. The summed E-state index contributed by atoms with van der Waals surface area (Å²) in [7, 11) is -3.11. The maximum absolute atomic E-state index is 11.6. The van der Waals surface area contributed by atoms with Gasteiger partial charge < -0.3 is 10.1 Å². The lowest BCUT2D eigenvalue weighted by Gasteiger charge is -2.14. The Morgan fingerprint density at radius 3 is 2.40 bits per heavy atom. The van der Waals surface area contributed by atoms with Crippen LogP contribution in [-0.2, 0) is 14.6 Å². The molecule has 1 rings (SSSR count). The lowest BCUT2D eigenvalue weighted by molar-refractivity contribution is -0.121. The van der Waals surface area contributed by atoms with Gasteiger partial charge in [-0.25, -0.2) is 8.42 Å². The zero-order chi connectivity index (χ0) is 15.2. The maximum Gasteiger partial charge on any atom is 0.221 e. The molecule has 1 amide bonds. The van der Waals surface area contributed by atoms with Crippen LogP contribution in [-0.4, -0.2) is 32.9 Å². The van der Waals surface area contributed by atoms with E-state index in [1.165, 1.54) is 0 Å². The highest BCUT2D eigenvalue weighted by Crippen LogP contribution is 2.17.